The van der Waals surface area contributed by atoms with Gasteiger partial charge in [-0.25, -0.2) is 0 Å². The summed E-state index contributed by atoms with van der Waals surface area (Å²) < 4.78 is 16.1. The highest BCUT2D eigenvalue weighted by atomic mass is 16.5. The highest BCUT2D eigenvalue weighted by Gasteiger charge is 2.17. The van der Waals surface area contributed by atoms with Gasteiger partial charge in [0.2, 0.25) is 0 Å². The minimum atomic E-state index is 0.119. The first-order valence-electron chi connectivity index (χ1n) is 7.13. The summed E-state index contributed by atoms with van der Waals surface area (Å²) in [5, 5.41) is 0. The molecule has 5 heteroatoms. The lowest BCUT2D eigenvalue weighted by atomic mass is 9.95. The summed E-state index contributed by atoms with van der Waals surface area (Å²) in [6.07, 6.45) is 2.50. The number of nitrogens with two attached hydrogens (primary N) is 1. The monoisotopic (exact) mass is 302 g/mol. The van der Waals surface area contributed by atoms with Crippen LogP contribution in [0.1, 0.15) is 17.2 Å². The maximum atomic E-state index is 5.93. The van der Waals surface area contributed by atoms with Crippen LogP contribution < -0.4 is 19.9 Å². The van der Waals surface area contributed by atoms with Gasteiger partial charge in [-0.3, -0.25) is 4.98 Å². The molecule has 1 atom stereocenters. The second-order valence-corrected chi connectivity index (χ2v) is 4.91. The summed E-state index contributed by atoms with van der Waals surface area (Å²) in [4.78, 5) is 4.40. The summed E-state index contributed by atoms with van der Waals surface area (Å²) in [5.74, 6) is 2.19. The van der Waals surface area contributed by atoms with Gasteiger partial charge in [-0.05, 0) is 30.2 Å². The molecule has 5 nitrogen and oxygen atoms in total. The molecule has 0 fully saturated rings. The van der Waals surface area contributed by atoms with E-state index in [0.29, 0.717) is 18.0 Å². The Bertz CT molecular complexity index is 602. The van der Waals surface area contributed by atoms with E-state index in [1.54, 1.807) is 27.5 Å². The third-order valence-corrected chi connectivity index (χ3v) is 3.64. The summed E-state index contributed by atoms with van der Waals surface area (Å²) in [6, 6.07) is 9.62. The van der Waals surface area contributed by atoms with Crippen LogP contribution in [0.2, 0.25) is 0 Å². The SMILES string of the molecule is COc1cc(OC)c(OC)cc1CC(CN)c1ccccn1. The Morgan fingerprint density at radius 3 is 2.23 bits per heavy atom. The molecular weight excluding hydrogens is 280 g/mol. The highest BCUT2D eigenvalue weighted by molar-refractivity contribution is 5.51. The fraction of sp³-hybridized carbons (Fsp3) is 0.353. The van der Waals surface area contributed by atoms with Crippen LogP contribution in [0.25, 0.3) is 0 Å². The van der Waals surface area contributed by atoms with Crippen LogP contribution in [0.15, 0.2) is 36.5 Å². The van der Waals surface area contributed by atoms with E-state index in [2.05, 4.69) is 4.98 Å². The fourth-order valence-electron chi connectivity index (χ4n) is 2.44. The van der Waals surface area contributed by atoms with Crippen LogP contribution in [-0.2, 0) is 6.42 Å². The lowest BCUT2D eigenvalue weighted by molar-refractivity contribution is 0.347. The van der Waals surface area contributed by atoms with Gasteiger partial charge in [0.15, 0.2) is 11.5 Å². The molecule has 1 heterocycles. The lowest BCUT2D eigenvalue weighted by Crippen LogP contribution is -2.16. The van der Waals surface area contributed by atoms with Gasteiger partial charge in [-0.2, -0.15) is 0 Å². The van der Waals surface area contributed by atoms with Crippen LogP contribution in [0, 0.1) is 0 Å². The number of ether oxygens (including phenoxy) is 3. The first kappa shape index (κ1) is 16.1. The first-order valence-corrected chi connectivity index (χ1v) is 7.13. The molecule has 1 aromatic carbocycles. The van der Waals surface area contributed by atoms with Crippen LogP contribution in [-0.4, -0.2) is 32.9 Å². The Morgan fingerprint density at radius 2 is 1.68 bits per heavy atom. The molecule has 0 aliphatic heterocycles. The van der Waals surface area contributed by atoms with Gasteiger partial charge in [0.05, 0.1) is 21.3 Å². The zero-order valence-corrected chi connectivity index (χ0v) is 13.2. The molecular formula is C17H22N2O3. The fourth-order valence-corrected chi connectivity index (χ4v) is 2.44. The Kier molecular flexibility index (Phi) is 5.61. The topological polar surface area (TPSA) is 66.6 Å². The number of aromatic nitrogens is 1. The molecule has 22 heavy (non-hydrogen) atoms. The van der Waals surface area contributed by atoms with Crippen molar-refractivity contribution in [1.29, 1.82) is 0 Å². The summed E-state index contributed by atoms with van der Waals surface area (Å²) in [7, 11) is 4.86. The molecule has 0 amide bonds. The molecule has 0 saturated carbocycles. The number of hydrogen-bond donors (Lipinski definition) is 1. The first-order chi connectivity index (χ1) is 10.7. The molecule has 0 aliphatic carbocycles. The molecule has 118 valence electrons. The highest BCUT2D eigenvalue weighted by Crippen LogP contribution is 2.36. The molecule has 0 aliphatic rings. The number of benzene rings is 1. The van der Waals surface area contributed by atoms with Crippen molar-refractivity contribution in [1.82, 2.24) is 4.98 Å². The summed E-state index contributed by atoms with van der Waals surface area (Å²) in [6.45, 7) is 0.508. The van der Waals surface area contributed by atoms with Crippen molar-refractivity contribution in [3.63, 3.8) is 0 Å². The van der Waals surface area contributed by atoms with Gasteiger partial charge in [0.1, 0.15) is 5.75 Å². The van der Waals surface area contributed by atoms with Gasteiger partial charge in [0, 0.05) is 30.4 Å². The van der Waals surface area contributed by atoms with Crippen molar-refractivity contribution < 1.29 is 14.2 Å². The van der Waals surface area contributed by atoms with Crippen molar-refractivity contribution in [2.24, 2.45) is 5.73 Å². The average molecular weight is 302 g/mol. The van der Waals surface area contributed by atoms with Crippen molar-refractivity contribution in [3.8, 4) is 17.2 Å². The van der Waals surface area contributed by atoms with Gasteiger partial charge in [0.25, 0.3) is 0 Å². The van der Waals surface area contributed by atoms with Crippen molar-refractivity contribution >= 4 is 0 Å². The van der Waals surface area contributed by atoms with E-state index in [1.165, 1.54) is 0 Å². The average Bonchev–Trinajstić information content (AvgIpc) is 2.59. The normalized spacial score (nSPS) is 11.8. The minimum absolute atomic E-state index is 0.119. The van der Waals surface area contributed by atoms with E-state index in [1.807, 2.05) is 30.3 Å². The van der Waals surface area contributed by atoms with E-state index >= 15 is 0 Å². The van der Waals surface area contributed by atoms with Crippen molar-refractivity contribution in [2.75, 3.05) is 27.9 Å². The third kappa shape index (κ3) is 3.49. The number of hydrogen-bond acceptors (Lipinski definition) is 5. The number of nitrogens with zero attached hydrogens (tertiary/aromatic N) is 1. The van der Waals surface area contributed by atoms with Crippen LogP contribution in [0.3, 0.4) is 0 Å². The van der Waals surface area contributed by atoms with Crippen LogP contribution in [0.5, 0.6) is 17.2 Å². The van der Waals surface area contributed by atoms with Gasteiger partial charge in [-0.1, -0.05) is 6.07 Å². The second-order valence-electron chi connectivity index (χ2n) is 4.91. The van der Waals surface area contributed by atoms with Crippen LogP contribution >= 0.6 is 0 Å². The minimum Gasteiger partial charge on any atom is -0.496 e. The van der Waals surface area contributed by atoms with E-state index < -0.39 is 0 Å². The molecule has 0 bridgehead atoms. The number of pyridine rings is 1. The molecule has 2 aromatic rings. The maximum absolute atomic E-state index is 5.93. The van der Waals surface area contributed by atoms with E-state index in [9.17, 15) is 0 Å². The Balaban J connectivity index is 2.34. The van der Waals surface area contributed by atoms with Crippen LogP contribution in [0.4, 0.5) is 0 Å². The quantitative estimate of drug-likeness (QED) is 0.850. The largest absolute Gasteiger partial charge is 0.496 e. The molecule has 2 rings (SSSR count). The molecule has 0 radical (unpaired) electrons. The molecule has 1 aromatic heterocycles. The predicted molar refractivity (Wildman–Crippen MR) is 85.8 cm³/mol. The zero-order chi connectivity index (χ0) is 15.9. The molecule has 0 spiro atoms. The number of rotatable bonds is 7. The second kappa shape index (κ2) is 7.66. The molecule has 1 unspecified atom stereocenters. The third-order valence-electron chi connectivity index (χ3n) is 3.64. The smallest absolute Gasteiger partial charge is 0.164 e. The summed E-state index contributed by atoms with van der Waals surface area (Å²) in [5.41, 5.74) is 7.92. The zero-order valence-electron chi connectivity index (χ0n) is 13.2. The standard InChI is InChI=1S/C17H22N2O3/c1-20-15-10-17(22-3)16(21-2)9-12(15)8-13(11-18)14-6-4-5-7-19-14/h4-7,9-10,13H,8,11,18H2,1-3H3. The predicted octanol–water partition coefficient (Wildman–Crippen LogP) is 2.39. The maximum Gasteiger partial charge on any atom is 0.164 e. The molecule has 2 N–H and O–H groups in total. The van der Waals surface area contributed by atoms with Crippen molar-refractivity contribution in [2.45, 2.75) is 12.3 Å². The van der Waals surface area contributed by atoms with E-state index in [4.69, 9.17) is 19.9 Å². The lowest BCUT2D eigenvalue weighted by Gasteiger charge is -2.18. The van der Waals surface area contributed by atoms with E-state index in [-0.39, 0.29) is 5.92 Å². The number of methoxy groups -OCH3 is 3. The summed E-state index contributed by atoms with van der Waals surface area (Å²) >= 11 is 0. The van der Waals surface area contributed by atoms with Crippen molar-refractivity contribution in [3.05, 3.63) is 47.8 Å². The van der Waals surface area contributed by atoms with E-state index in [0.717, 1.165) is 23.4 Å². The molecule has 0 saturated heterocycles. The van der Waals surface area contributed by atoms with Gasteiger partial charge in [-0.15, -0.1) is 0 Å². The van der Waals surface area contributed by atoms with Gasteiger partial charge >= 0.3 is 0 Å². The van der Waals surface area contributed by atoms with Gasteiger partial charge < -0.3 is 19.9 Å². The Hall–Kier alpha value is -2.27. The Labute approximate surface area is 131 Å². The Morgan fingerprint density at radius 1 is 1.00 bits per heavy atom.